The summed E-state index contributed by atoms with van der Waals surface area (Å²) in [4.78, 5) is 14.3. The third kappa shape index (κ3) is 3.83. The van der Waals surface area contributed by atoms with Crippen molar-refractivity contribution in [2.45, 2.75) is 25.5 Å². The maximum absolute atomic E-state index is 12.5. The molecule has 1 aliphatic rings. The van der Waals surface area contributed by atoms with Crippen LogP contribution in [0, 0.1) is 6.92 Å². The number of aromatic nitrogens is 2. The Labute approximate surface area is 141 Å². The summed E-state index contributed by atoms with van der Waals surface area (Å²) in [5.41, 5.74) is 1.54. The Morgan fingerprint density at radius 2 is 2.17 bits per heavy atom. The number of carbonyl (C=O) groups excluding carboxylic acids is 1. The Kier molecular flexibility index (Phi) is 4.97. The maximum atomic E-state index is 12.5. The monoisotopic (exact) mass is 329 g/mol. The van der Waals surface area contributed by atoms with Crippen molar-refractivity contribution < 1.29 is 14.6 Å². The maximum Gasteiger partial charge on any atom is 0.244 e. The molecule has 0 saturated carbocycles. The third-order valence-corrected chi connectivity index (χ3v) is 4.39. The number of rotatable bonds is 5. The topological polar surface area (TPSA) is 67.6 Å². The van der Waals surface area contributed by atoms with Gasteiger partial charge in [0.15, 0.2) is 0 Å². The second-order valence-corrected chi connectivity index (χ2v) is 6.37. The summed E-state index contributed by atoms with van der Waals surface area (Å²) in [5.74, 6) is -0.0104. The van der Waals surface area contributed by atoms with Crippen molar-refractivity contribution in [1.29, 1.82) is 0 Å². The number of ether oxygens (including phenoxy) is 1. The summed E-state index contributed by atoms with van der Waals surface area (Å²) in [6.07, 6.45) is 4.00. The fraction of sp³-hybridized carbons (Fsp3) is 0.444. The molecule has 1 aromatic carbocycles. The van der Waals surface area contributed by atoms with E-state index in [0.29, 0.717) is 26.1 Å². The van der Waals surface area contributed by atoms with E-state index in [2.05, 4.69) is 5.10 Å². The van der Waals surface area contributed by atoms with E-state index in [9.17, 15) is 9.90 Å². The predicted molar refractivity (Wildman–Crippen MR) is 89.5 cm³/mol. The number of hydrogen-bond donors (Lipinski definition) is 1. The number of aliphatic hydroxyl groups excluding tert-OH is 1. The van der Waals surface area contributed by atoms with Crippen LogP contribution >= 0.6 is 0 Å². The van der Waals surface area contributed by atoms with Crippen LogP contribution in [0.25, 0.3) is 0 Å². The first-order chi connectivity index (χ1) is 11.6. The van der Waals surface area contributed by atoms with Gasteiger partial charge in [-0.1, -0.05) is 29.8 Å². The molecule has 6 nitrogen and oxygen atoms in total. The zero-order chi connectivity index (χ0) is 17.0. The molecule has 2 aromatic rings. The van der Waals surface area contributed by atoms with Gasteiger partial charge in [-0.2, -0.15) is 5.10 Å². The van der Waals surface area contributed by atoms with Gasteiger partial charge < -0.3 is 14.7 Å². The van der Waals surface area contributed by atoms with Crippen molar-refractivity contribution in [2.75, 3.05) is 26.3 Å². The van der Waals surface area contributed by atoms with Gasteiger partial charge in [0.2, 0.25) is 5.91 Å². The van der Waals surface area contributed by atoms with E-state index >= 15 is 0 Å². The van der Waals surface area contributed by atoms with E-state index in [-0.39, 0.29) is 19.1 Å². The van der Waals surface area contributed by atoms with Crippen LogP contribution in [-0.2, 0) is 22.5 Å². The first-order valence-corrected chi connectivity index (χ1v) is 8.16. The molecule has 0 aliphatic carbocycles. The largest absolute Gasteiger partial charge is 0.393 e. The lowest BCUT2D eigenvalue weighted by Gasteiger charge is -2.42. The molecular formula is C18H23N3O3. The van der Waals surface area contributed by atoms with Crippen molar-refractivity contribution in [1.82, 2.24) is 14.7 Å². The van der Waals surface area contributed by atoms with E-state index in [1.165, 1.54) is 5.56 Å². The van der Waals surface area contributed by atoms with Crippen molar-refractivity contribution in [3.63, 3.8) is 0 Å². The van der Waals surface area contributed by atoms with Gasteiger partial charge in [-0.25, -0.2) is 0 Å². The standard InChI is InChI=1S/C18H23N3O3/c1-15-3-5-16(6-4-15)11-18(14-22)13-20(9-10-24-18)17(23)12-21-8-2-7-19-21/h2-8,22H,9-14H2,1H3/t18-/m0/s1. The van der Waals surface area contributed by atoms with Gasteiger partial charge in [-0.05, 0) is 18.6 Å². The van der Waals surface area contributed by atoms with E-state index in [0.717, 1.165) is 5.56 Å². The molecule has 1 amide bonds. The second-order valence-electron chi connectivity index (χ2n) is 6.37. The zero-order valence-corrected chi connectivity index (χ0v) is 13.9. The fourth-order valence-corrected chi connectivity index (χ4v) is 3.03. The van der Waals surface area contributed by atoms with Gasteiger partial charge >= 0.3 is 0 Å². The molecule has 0 radical (unpaired) electrons. The molecule has 1 N–H and O–H groups in total. The minimum absolute atomic E-state index is 0.0104. The Morgan fingerprint density at radius 3 is 2.83 bits per heavy atom. The third-order valence-electron chi connectivity index (χ3n) is 4.39. The van der Waals surface area contributed by atoms with Crippen LogP contribution in [0.2, 0.25) is 0 Å². The number of morpholine rings is 1. The average molecular weight is 329 g/mol. The number of carbonyl (C=O) groups is 1. The first-order valence-electron chi connectivity index (χ1n) is 8.16. The highest BCUT2D eigenvalue weighted by molar-refractivity contribution is 5.76. The summed E-state index contributed by atoms with van der Waals surface area (Å²) in [7, 11) is 0. The molecule has 1 fully saturated rings. The van der Waals surface area contributed by atoms with Crippen molar-refractivity contribution >= 4 is 5.91 Å². The average Bonchev–Trinajstić information content (AvgIpc) is 3.10. The number of hydrogen-bond acceptors (Lipinski definition) is 4. The lowest BCUT2D eigenvalue weighted by Crippen LogP contribution is -2.57. The van der Waals surface area contributed by atoms with Gasteiger partial charge in [0.05, 0.1) is 19.8 Å². The first kappa shape index (κ1) is 16.7. The van der Waals surface area contributed by atoms with E-state index in [4.69, 9.17) is 4.74 Å². The SMILES string of the molecule is Cc1ccc(C[C@@]2(CO)CN(C(=O)Cn3cccn3)CCO2)cc1. The molecule has 24 heavy (non-hydrogen) atoms. The molecule has 0 spiro atoms. The second kappa shape index (κ2) is 7.15. The normalized spacial score (nSPS) is 21.0. The molecule has 1 aromatic heterocycles. The smallest absolute Gasteiger partial charge is 0.244 e. The van der Waals surface area contributed by atoms with Gasteiger partial charge in [0.25, 0.3) is 0 Å². The highest BCUT2D eigenvalue weighted by Crippen LogP contribution is 2.23. The van der Waals surface area contributed by atoms with Crippen molar-refractivity contribution in [3.05, 3.63) is 53.9 Å². The number of aliphatic hydroxyl groups is 1. The Balaban J connectivity index is 1.69. The van der Waals surface area contributed by atoms with Crippen LogP contribution in [0.3, 0.4) is 0 Å². The van der Waals surface area contributed by atoms with Crippen LogP contribution in [0.4, 0.5) is 0 Å². The molecule has 2 heterocycles. The molecule has 1 atom stereocenters. The lowest BCUT2D eigenvalue weighted by molar-refractivity contribution is -0.158. The summed E-state index contributed by atoms with van der Waals surface area (Å²) < 4.78 is 7.51. The number of benzene rings is 1. The highest BCUT2D eigenvalue weighted by atomic mass is 16.5. The molecule has 128 valence electrons. The molecule has 0 bridgehead atoms. The Morgan fingerprint density at radius 1 is 1.38 bits per heavy atom. The van der Waals surface area contributed by atoms with Crippen LogP contribution in [0.15, 0.2) is 42.7 Å². The van der Waals surface area contributed by atoms with Gasteiger partial charge in [0.1, 0.15) is 12.1 Å². The minimum atomic E-state index is -0.743. The number of nitrogens with zero attached hydrogens (tertiary/aromatic N) is 3. The van der Waals surface area contributed by atoms with E-state index < -0.39 is 5.60 Å². The molecule has 6 heteroatoms. The number of aryl methyl sites for hydroxylation is 1. The van der Waals surface area contributed by atoms with Crippen molar-refractivity contribution in [3.8, 4) is 0 Å². The highest BCUT2D eigenvalue weighted by Gasteiger charge is 2.38. The minimum Gasteiger partial charge on any atom is -0.393 e. The summed E-state index contributed by atoms with van der Waals surface area (Å²) >= 11 is 0. The van der Waals surface area contributed by atoms with Gasteiger partial charge in [-0.3, -0.25) is 9.48 Å². The fourth-order valence-electron chi connectivity index (χ4n) is 3.03. The summed E-state index contributed by atoms with van der Waals surface area (Å²) in [6, 6.07) is 9.97. The molecular weight excluding hydrogens is 306 g/mol. The quantitative estimate of drug-likeness (QED) is 0.889. The van der Waals surface area contributed by atoms with Crippen LogP contribution < -0.4 is 0 Å². The molecule has 0 unspecified atom stereocenters. The predicted octanol–water partition coefficient (Wildman–Crippen LogP) is 1.02. The zero-order valence-electron chi connectivity index (χ0n) is 13.9. The molecule has 1 saturated heterocycles. The van der Waals surface area contributed by atoms with Gasteiger partial charge in [0, 0.05) is 25.4 Å². The van der Waals surface area contributed by atoms with Crippen LogP contribution in [0.5, 0.6) is 0 Å². The van der Waals surface area contributed by atoms with Gasteiger partial charge in [-0.15, -0.1) is 0 Å². The number of amides is 1. The van der Waals surface area contributed by atoms with E-state index in [1.54, 1.807) is 28.0 Å². The van der Waals surface area contributed by atoms with Crippen molar-refractivity contribution in [2.24, 2.45) is 0 Å². The Hall–Kier alpha value is -2.18. The van der Waals surface area contributed by atoms with Crippen LogP contribution in [0.1, 0.15) is 11.1 Å². The molecule has 1 aliphatic heterocycles. The van der Waals surface area contributed by atoms with E-state index in [1.807, 2.05) is 31.2 Å². The summed E-state index contributed by atoms with van der Waals surface area (Å²) in [5, 5.41) is 14.0. The molecule has 3 rings (SSSR count). The Bertz CT molecular complexity index is 669. The lowest BCUT2D eigenvalue weighted by atomic mass is 9.92. The summed E-state index contributed by atoms with van der Waals surface area (Å²) in [6.45, 7) is 3.48. The van der Waals surface area contributed by atoms with Crippen LogP contribution in [-0.4, -0.2) is 57.6 Å².